The Hall–Kier alpha value is -0.930. The van der Waals surface area contributed by atoms with Crippen LogP contribution in [0.2, 0.25) is 0 Å². The van der Waals surface area contributed by atoms with Gasteiger partial charge in [0.05, 0.1) is 0 Å². The van der Waals surface area contributed by atoms with Gasteiger partial charge in [0.25, 0.3) is 0 Å². The van der Waals surface area contributed by atoms with Crippen molar-refractivity contribution >= 4 is 0 Å². The molecule has 3 heteroatoms. The number of hydrogen-bond donors (Lipinski definition) is 1. The monoisotopic (exact) mass is 278 g/mol. The Balaban J connectivity index is 1.73. The van der Waals surface area contributed by atoms with E-state index in [-0.39, 0.29) is 11.9 Å². The molecule has 1 aliphatic rings. The van der Waals surface area contributed by atoms with Gasteiger partial charge in [0.15, 0.2) is 0 Å². The second-order valence-corrected chi connectivity index (χ2v) is 6.22. The lowest BCUT2D eigenvalue weighted by Crippen LogP contribution is -2.29. The quantitative estimate of drug-likeness (QED) is 0.859. The van der Waals surface area contributed by atoms with Crippen molar-refractivity contribution in [2.75, 3.05) is 20.1 Å². The minimum atomic E-state index is -0.200. The van der Waals surface area contributed by atoms with Gasteiger partial charge < -0.3 is 10.6 Å². The van der Waals surface area contributed by atoms with E-state index in [4.69, 9.17) is 5.73 Å². The van der Waals surface area contributed by atoms with E-state index in [9.17, 15) is 4.39 Å². The van der Waals surface area contributed by atoms with Crippen LogP contribution in [-0.4, -0.2) is 25.0 Å². The molecule has 0 saturated heterocycles. The standard InChI is InChI=1S/C17H27FN2/c1-20(13-14-6-3-2-4-7-14)11-10-17(19)15-8-5-9-16(18)12-15/h5,8-9,12,14,17H,2-4,6-7,10-11,13,19H2,1H3. The highest BCUT2D eigenvalue weighted by Gasteiger charge is 2.16. The molecule has 1 unspecified atom stereocenters. The lowest BCUT2D eigenvalue weighted by Gasteiger charge is -2.27. The van der Waals surface area contributed by atoms with Gasteiger partial charge in [-0.2, -0.15) is 0 Å². The molecule has 1 aromatic carbocycles. The lowest BCUT2D eigenvalue weighted by molar-refractivity contribution is 0.228. The number of rotatable bonds is 6. The molecule has 1 fully saturated rings. The molecule has 2 nitrogen and oxygen atoms in total. The van der Waals surface area contributed by atoms with Crippen LogP contribution in [-0.2, 0) is 0 Å². The van der Waals surface area contributed by atoms with Crippen molar-refractivity contribution in [2.24, 2.45) is 11.7 Å². The summed E-state index contributed by atoms with van der Waals surface area (Å²) in [6, 6.07) is 6.59. The maximum absolute atomic E-state index is 13.2. The third-order valence-corrected chi connectivity index (χ3v) is 4.39. The molecular formula is C17H27FN2. The molecule has 2 rings (SSSR count). The van der Waals surface area contributed by atoms with Crippen molar-refractivity contribution < 1.29 is 4.39 Å². The summed E-state index contributed by atoms with van der Waals surface area (Å²) in [6.45, 7) is 2.16. The first kappa shape index (κ1) is 15.5. The number of nitrogens with zero attached hydrogens (tertiary/aromatic N) is 1. The molecule has 0 bridgehead atoms. The lowest BCUT2D eigenvalue weighted by atomic mass is 9.89. The van der Waals surface area contributed by atoms with Gasteiger partial charge in [-0.3, -0.25) is 0 Å². The SMILES string of the molecule is CN(CCC(N)c1cccc(F)c1)CC1CCCCC1. The second kappa shape index (κ2) is 7.75. The zero-order valence-electron chi connectivity index (χ0n) is 12.5. The van der Waals surface area contributed by atoms with Crippen LogP contribution in [0.5, 0.6) is 0 Å². The third-order valence-electron chi connectivity index (χ3n) is 4.39. The summed E-state index contributed by atoms with van der Waals surface area (Å²) in [5.74, 6) is 0.660. The molecule has 112 valence electrons. The summed E-state index contributed by atoms with van der Waals surface area (Å²) in [6.07, 6.45) is 7.82. The third kappa shape index (κ3) is 4.88. The highest BCUT2D eigenvalue weighted by Crippen LogP contribution is 2.24. The number of benzene rings is 1. The maximum atomic E-state index is 13.2. The van der Waals surface area contributed by atoms with Crippen molar-refractivity contribution in [3.8, 4) is 0 Å². The van der Waals surface area contributed by atoms with E-state index in [1.807, 2.05) is 6.07 Å². The molecule has 1 aliphatic carbocycles. The van der Waals surface area contributed by atoms with Crippen molar-refractivity contribution in [3.05, 3.63) is 35.6 Å². The molecule has 0 aliphatic heterocycles. The van der Waals surface area contributed by atoms with E-state index in [0.717, 1.165) is 24.4 Å². The smallest absolute Gasteiger partial charge is 0.123 e. The summed E-state index contributed by atoms with van der Waals surface area (Å²) in [7, 11) is 2.17. The largest absolute Gasteiger partial charge is 0.324 e. The molecule has 1 saturated carbocycles. The summed E-state index contributed by atoms with van der Waals surface area (Å²) >= 11 is 0. The van der Waals surface area contributed by atoms with E-state index >= 15 is 0 Å². The van der Waals surface area contributed by atoms with E-state index in [0.29, 0.717) is 0 Å². The molecule has 0 aromatic heterocycles. The number of nitrogens with two attached hydrogens (primary N) is 1. The molecule has 1 atom stereocenters. The van der Waals surface area contributed by atoms with Gasteiger partial charge in [-0.1, -0.05) is 31.4 Å². The van der Waals surface area contributed by atoms with Crippen LogP contribution in [0.25, 0.3) is 0 Å². The molecular weight excluding hydrogens is 251 g/mol. The molecule has 0 radical (unpaired) electrons. The number of halogens is 1. The van der Waals surface area contributed by atoms with Gasteiger partial charge in [-0.15, -0.1) is 0 Å². The average Bonchev–Trinajstić information content (AvgIpc) is 2.46. The van der Waals surface area contributed by atoms with Gasteiger partial charge >= 0.3 is 0 Å². The minimum absolute atomic E-state index is 0.0699. The van der Waals surface area contributed by atoms with E-state index in [1.54, 1.807) is 12.1 Å². The average molecular weight is 278 g/mol. The Morgan fingerprint density at radius 3 is 2.75 bits per heavy atom. The molecule has 0 heterocycles. The van der Waals surface area contributed by atoms with Crippen LogP contribution < -0.4 is 5.73 Å². The van der Waals surface area contributed by atoms with Crippen molar-refractivity contribution in [3.63, 3.8) is 0 Å². The summed E-state index contributed by atoms with van der Waals surface area (Å²) in [5, 5.41) is 0. The highest BCUT2D eigenvalue weighted by atomic mass is 19.1. The predicted molar refractivity (Wildman–Crippen MR) is 82.0 cm³/mol. The normalized spacial score (nSPS) is 18.4. The molecule has 0 spiro atoms. The summed E-state index contributed by atoms with van der Waals surface area (Å²) < 4.78 is 13.2. The van der Waals surface area contributed by atoms with Crippen LogP contribution >= 0.6 is 0 Å². The van der Waals surface area contributed by atoms with Crippen LogP contribution in [0.15, 0.2) is 24.3 Å². The van der Waals surface area contributed by atoms with Crippen molar-refractivity contribution in [1.29, 1.82) is 0 Å². The Morgan fingerprint density at radius 1 is 1.30 bits per heavy atom. The predicted octanol–water partition coefficient (Wildman–Crippen LogP) is 3.73. The van der Waals surface area contributed by atoms with Gasteiger partial charge in [-0.25, -0.2) is 4.39 Å². The molecule has 20 heavy (non-hydrogen) atoms. The zero-order chi connectivity index (χ0) is 14.4. The molecule has 1 aromatic rings. The number of hydrogen-bond acceptors (Lipinski definition) is 2. The molecule has 0 amide bonds. The second-order valence-electron chi connectivity index (χ2n) is 6.22. The first-order valence-electron chi connectivity index (χ1n) is 7.85. The minimum Gasteiger partial charge on any atom is -0.324 e. The van der Waals surface area contributed by atoms with Crippen LogP contribution in [0.1, 0.15) is 50.1 Å². The Kier molecular flexibility index (Phi) is 5.99. The van der Waals surface area contributed by atoms with Crippen LogP contribution in [0, 0.1) is 11.7 Å². The maximum Gasteiger partial charge on any atom is 0.123 e. The van der Waals surface area contributed by atoms with Gasteiger partial charge in [0.1, 0.15) is 5.82 Å². The van der Waals surface area contributed by atoms with Gasteiger partial charge in [0.2, 0.25) is 0 Å². The van der Waals surface area contributed by atoms with Gasteiger partial charge in [0, 0.05) is 12.6 Å². The molecule has 2 N–H and O–H groups in total. The first-order valence-corrected chi connectivity index (χ1v) is 7.85. The van der Waals surface area contributed by atoms with E-state index in [1.165, 1.54) is 44.7 Å². The Morgan fingerprint density at radius 2 is 2.05 bits per heavy atom. The van der Waals surface area contributed by atoms with Crippen LogP contribution in [0.3, 0.4) is 0 Å². The topological polar surface area (TPSA) is 29.3 Å². The van der Waals surface area contributed by atoms with Crippen molar-refractivity contribution in [1.82, 2.24) is 4.90 Å². The summed E-state index contributed by atoms with van der Waals surface area (Å²) in [5.41, 5.74) is 7.05. The fourth-order valence-electron chi connectivity index (χ4n) is 3.17. The van der Waals surface area contributed by atoms with Crippen LogP contribution in [0.4, 0.5) is 4.39 Å². The van der Waals surface area contributed by atoms with Gasteiger partial charge in [-0.05, 0) is 56.5 Å². The zero-order valence-corrected chi connectivity index (χ0v) is 12.5. The van der Waals surface area contributed by atoms with Crippen molar-refractivity contribution in [2.45, 2.75) is 44.6 Å². The fraction of sp³-hybridized carbons (Fsp3) is 0.647. The first-order chi connectivity index (χ1) is 9.65. The summed E-state index contributed by atoms with van der Waals surface area (Å²) in [4.78, 5) is 2.38. The fourth-order valence-corrected chi connectivity index (χ4v) is 3.17. The Labute approximate surface area is 122 Å². The van der Waals surface area contributed by atoms with E-state index < -0.39 is 0 Å². The highest BCUT2D eigenvalue weighted by molar-refractivity contribution is 5.19. The van der Waals surface area contributed by atoms with E-state index in [2.05, 4.69) is 11.9 Å². The Bertz CT molecular complexity index is 402.